The lowest BCUT2D eigenvalue weighted by Gasteiger charge is -2.28. The van der Waals surface area contributed by atoms with E-state index in [1.807, 2.05) is 9.62 Å². The number of alkyl halides is 1. The van der Waals surface area contributed by atoms with Gasteiger partial charge in [0.2, 0.25) is 0 Å². The van der Waals surface area contributed by atoms with E-state index in [2.05, 4.69) is 5.10 Å². The van der Waals surface area contributed by atoms with Gasteiger partial charge in [-0.05, 0) is 29.8 Å². The normalized spacial score (nSPS) is 20.6. The molecule has 2 fully saturated rings. The van der Waals surface area contributed by atoms with Crippen LogP contribution in [0, 0.1) is 5.82 Å². The number of carbonyl (C=O) groups is 1. The first-order valence-corrected chi connectivity index (χ1v) is 14.3. The molecule has 0 unspecified atom stereocenters. The van der Waals surface area contributed by atoms with Gasteiger partial charge < -0.3 is 14.4 Å². The third kappa shape index (κ3) is 5.85. The summed E-state index contributed by atoms with van der Waals surface area (Å²) in [7, 11) is -2.66. The Morgan fingerprint density at radius 1 is 1.26 bits per heavy atom. The number of halogens is 2. The summed E-state index contributed by atoms with van der Waals surface area (Å²) in [6, 6.07) is 7.37. The lowest BCUT2D eigenvalue weighted by molar-refractivity contribution is 0.0254. The van der Waals surface area contributed by atoms with Gasteiger partial charge in [-0.25, -0.2) is 18.0 Å². The quantitative estimate of drug-likeness (QED) is 0.449. The molecule has 4 heterocycles. The van der Waals surface area contributed by atoms with E-state index in [0.717, 1.165) is 4.31 Å². The van der Waals surface area contributed by atoms with Gasteiger partial charge in [0, 0.05) is 57.4 Å². The molecule has 13 heteroatoms. The standard InChI is InChI=1S/C26H31F2N5O5S/c1-3-31(2)39(35,36)30-26(34)23-15-29-33-7-4-20(14-25(23)33)32-16-19(28)13-24(32)17-10-18(27)12-22(11-17)38-21-5-8-37-9-6-21/h4,7,10-12,14-15,19,21,24H,3,5-6,8-9,13,16H2,1-2H3,(H,30,34)/t19-,24+/m0/s1. The smallest absolute Gasteiger partial charge is 0.303 e. The maximum absolute atomic E-state index is 14.8. The number of carbonyl (C=O) groups excluding carboxylic acids is 1. The van der Waals surface area contributed by atoms with Crippen molar-refractivity contribution >= 4 is 27.3 Å². The van der Waals surface area contributed by atoms with Crippen LogP contribution in [0.25, 0.3) is 5.52 Å². The second kappa shape index (κ2) is 11.1. The van der Waals surface area contributed by atoms with Gasteiger partial charge in [0.25, 0.3) is 5.91 Å². The summed E-state index contributed by atoms with van der Waals surface area (Å²) in [4.78, 5) is 14.7. The predicted molar refractivity (Wildman–Crippen MR) is 140 cm³/mol. The number of nitrogens with zero attached hydrogens (tertiary/aromatic N) is 4. The van der Waals surface area contributed by atoms with Crippen LogP contribution in [0.15, 0.2) is 42.7 Å². The summed E-state index contributed by atoms with van der Waals surface area (Å²) in [5.41, 5.74) is 1.57. The van der Waals surface area contributed by atoms with Crippen molar-refractivity contribution in [3.05, 3.63) is 59.7 Å². The van der Waals surface area contributed by atoms with Crippen molar-refractivity contribution in [2.24, 2.45) is 0 Å². The summed E-state index contributed by atoms with van der Waals surface area (Å²) < 4.78 is 70.1. The molecule has 2 aromatic heterocycles. The molecule has 1 aromatic carbocycles. The first-order valence-electron chi connectivity index (χ1n) is 12.9. The molecule has 2 atom stereocenters. The molecule has 1 amide bonds. The van der Waals surface area contributed by atoms with E-state index in [1.54, 1.807) is 31.3 Å². The van der Waals surface area contributed by atoms with E-state index >= 15 is 0 Å². The summed E-state index contributed by atoms with van der Waals surface area (Å²) in [6.07, 6.45) is 3.24. The summed E-state index contributed by atoms with van der Waals surface area (Å²) in [6.45, 7) is 3.08. The lowest BCUT2D eigenvalue weighted by atomic mass is 10.0. The van der Waals surface area contributed by atoms with E-state index in [-0.39, 0.29) is 31.2 Å². The molecule has 2 aliphatic rings. The molecule has 0 radical (unpaired) electrons. The highest BCUT2D eigenvalue weighted by Gasteiger charge is 2.34. The Hall–Kier alpha value is -3.29. The first-order chi connectivity index (χ1) is 18.6. The fourth-order valence-electron chi connectivity index (χ4n) is 4.96. The van der Waals surface area contributed by atoms with Crippen LogP contribution in [0.2, 0.25) is 0 Å². The zero-order valence-electron chi connectivity index (χ0n) is 21.7. The van der Waals surface area contributed by atoms with Gasteiger partial charge in [-0.1, -0.05) is 6.92 Å². The number of fused-ring (bicyclic) bond motifs is 1. The molecule has 1 N–H and O–H groups in total. The van der Waals surface area contributed by atoms with E-state index in [4.69, 9.17) is 9.47 Å². The Balaban J connectivity index is 1.43. The Morgan fingerprint density at radius 2 is 2.03 bits per heavy atom. The summed E-state index contributed by atoms with van der Waals surface area (Å²) in [5.74, 6) is -0.910. The van der Waals surface area contributed by atoms with Crippen molar-refractivity contribution in [1.82, 2.24) is 18.6 Å². The molecule has 0 aliphatic carbocycles. The van der Waals surface area contributed by atoms with Gasteiger partial charge >= 0.3 is 10.2 Å². The summed E-state index contributed by atoms with van der Waals surface area (Å²) in [5, 5.41) is 4.15. The lowest BCUT2D eigenvalue weighted by Crippen LogP contribution is -2.41. The Bertz CT molecular complexity index is 1460. The molecule has 210 valence electrons. The molecule has 0 bridgehead atoms. The zero-order valence-corrected chi connectivity index (χ0v) is 22.5. The maximum Gasteiger partial charge on any atom is 0.303 e. The number of amides is 1. The number of ether oxygens (including phenoxy) is 2. The van der Waals surface area contributed by atoms with Crippen molar-refractivity contribution in [3.8, 4) is 5.75 Å². The topological polar surface area (TPSA) is 105 Å². The van der Waals surface area contributed by atoms with E-state index < -0.39 is 34.1 Å². The molecule has 3 aromatic rings. The van der Waals surface area contributed by atoms with Crippen LogP contribution in [0.5, 0.6) is 5.75 Å². The second-order valence-electron chi connectivity index (χ2n) is 9.77. The summed E-state index contributed by atoms with van der Waals surface area (Å²) >= 11 is 0. The van der Waals surface area contributed by atoms with E-state index in [1.165, 1.54) is 29.9 Å². The van der Waals surface area contributed by atoms with E-state index in [0.29, 0.717) is 48.6 Å². The average molecular weight is 564 g/mol. The second-order valence-corrected chi connectivity index (χ2v) is 11.6. The largest absolute Gasteiger partial charge is 0.490 e. The van der Waals surface area contributed by atoms with Crippen molar-refractivity contribution in [2.75, 3.05) is 38.3 Å². The molecule has 0 spiro atoms. The Morgan fingerprint density at radius 3 is 2.77 bits per heavy atom. The SMILES string of the molecule is CCN(C)S(=O)(=O)NC(=O)c1cnn2ccc(N3C[C@@H](F)C[C@@H]3c3cc(F)cc(OC4CCOCC4)c3)cc12. The molecule has 10 nitrogen and oxygen atoms in total. The van der Waals surface area contributed by atoms with E-state index in [9.17, 15) is 22.0 Å². The van der Waals surface area contributed by atoms with Crippen LogP contribution in [0.4, 0.5) is 14.5 Å². The third-order valence-corrected chi connectivity index (χ3v) is 8.68. The van der Waals surface area contributed by atoms with Gasteiger partial charge in [-0.15, -0.1) is 0 Å². The minimum Gasteiger partial charge on any atom is -0.490 e. The van der Waals surface area contributed by atoms with Gasteiger partial charge in [0.05, 0.1) is 36.5 Å². The molecule has 2 saturated heterocycles. The number of pyridine rings is 1. The number of benzene rings is 1. The fourth-order valence-corrected chi connectivity index (χ4v) is 5.80. The molecule has 39 heavy (non-hydrogen) atoms. The third-order valence-electron chi connectivity index (χ3n) is 7.16. The van der Waals surface area contributed by atoms with Crippen molar-refractivity contribution in [2.45, 2.75) is 44.5 Å². The molecular weight excluding hydrogens is 532 g/mol. The van der Waals surface area contributed by atoms with Crippen molar-refractivity contribution in [3.63, 3.8) is 0 Å². The highest BCUT2D eigenvalue weighted by Crippen LogP contribution is 2.39. The number of rotatable bonds is 8. The molecule has 2 aliphatic heterocycles. The number of hydrogen-bond acceptors (Lipinski definition) is 7. The first kappa shape index (κ1) is 27.3. The highest BCUT2D eigenvalue weighted by molar-refractivity contribution is 7.87. The van der Waals surface area contributed by atoms with Gasteiger partial charge in [0.1, 0.15) is 23.8 Å². The minimum absolute atomic E-state index is 0.0513. The number of anilines is 1. The fraction of sp³-hybridized carbons (Fsp3) is 0.462. The molecule has 5 rings (SSSR count). The minimum atomic E-state index is -4.02. The van der Waals surface area contributed by atoms with Crippen LogP contribution in [-0.4, -0.2) is 73.9 Å². The van der Waals surface area contributed by atoms with Gasteiger partial charge in [-0.3, -0.25) is 4.79 Å². The van der Waals surface area contributed by atoms with Crippen LogP contribution in [0.3, 0.4) is 0 Å². The Labute approximate surface area is 225 Å². The van der Waals surface area contributed by atoms with Crippen LogP contribution >= 0.6 is 0 Å². The highest BCUT2D eigenvalue weighted by atomic mass is 32.2. The monoisotopic (exact) mass is 563 g/mol. The van der Waals surface area contributed by atoms with Crippen LogP contribution in [-0.2, 0) is 14.9 Å². The predicted octanol–water partition coefficient (Wildman–Crippen LogP) is 3.25. The Kier molecular flexibility index (Phi) is 7.74. The average Bonchev–Trinajstić information content (AvgIpc) is 3.51. The van der Waals surface area contributed by atoms with Crippen LogP contribution in [0.1, 0.15) is 48.1 Å². The molecule has 0 saturated carbocycles. The number of nitrogens with one attached hydrogen (secondary N) is 1. The van der Waals surface area contributed by atoms with Crippen LogP contribution < -0.4 is 14.4 Å². The molecular formula is C26H31F2N5O5S. The zero-order chi connectivity index (χ0) is 27.7. The van der Waals surface area contributed by atoms with Crippen molar-refractivity contribution in [1.29, 1.82) is 0 Å². The number of aromatic nitrogens is 2. The van der Waals surface area contributed by atoms with Crippen molar-refractivity contribution < 1.29 is 31.5 Å². The number of hydrogen-bond donors (Lipinski definition) is 1. The van der Waals surface area contributed by atoms with Gasteiger partial charge in [0.15, 0.2) is 0 Å². The maximum atomic E-state index is 14.8. The van der Waals surface area contributed by atoms with Gasteiger partial charge in [-0.2, -0.15) is 17.8 Å².